The molecule has 0 aliphatic carbocycles. The van der Waals surface area contributed by atoms with Gasteiger partial charge in [0.1, 0.15) is 5.56 Å². The van der Waals surface area contributed by atoms with E-state index in [1.165, 1.54) is 28.5 Å². The van der Waals surface area contributed by atoms with Crippen molar-refractivity contribution in [1.82, 2.24) is 14.8 Å². The maximum atomic E-state index is 14.1. The van der Waals surface area contributed by atoms with Crippen molar-refractivity contribution in [3.05, 3.63) is 62.1 Å². The fraction of sp³-hybridized carbons (Fsp3) is 0.381. The van der Waals surface area contributed by atoms with Crippen LogP contribution in [0, 0.1) is 18.6 Å². The molecule has 2 aromatic rings. The summed E-state index contributed by atoms with van der Waals surface area (Å²) >= 11 is 0. The summed E-state index contributed by atoms with van der Waals surface area (Å²) in [5, 5.41) is 12.8. The molecule has 30 heavy (non-hydrogen) atoms. The van der Waals surface area contributed by atoms with Crippen molar-refractivity contribution >= 4 is 11.8 Å². The second-order valence-electron chi connectivity index (χ2n) is 7.27. The Bertz CT molecular complexity index is 1090. The third kappa shape index (κ3) is 3.55. The first-order chi connectivity index (χ1) is 14.2. The zero-order valence-electron chi connectivity index (χ0n) is 17.0. The number of rotatable bonds is 5. The Morgan fingerprint density at radius 3 is 2.63 bits per heavy atom. The predicted octanol–water partition coefficient (Wildman–Crippen LogP) is 2.11. The van der Waals surface area contributed by atoms with E-state index in [1.54, 1.807) is 14.0 Å². The van der Waals surface area contributed by atoms with Crippen LogP contribution in [-0.2, 0) is 19.5 Å². The Morgan fingerprint density at radius 2 is 1.97 bits per heavy atom. The molecule has 0 atom stereocenters. The lowest BCUT2D eigenvalue weighted by Crippen LogP contribution is -2.35. The molecule has 0 radical (unpaired) electrons. The normalized spacial score (nSPS) is 12.6. The second-order valence-corrected chi connectivity index (χ2v) is 7.27. The summed E-state index contributed by atoms with van der Waals surface area (Å²) in [5.41, 5.74) is -0.957. The van der Waals surface area contributed by atoms with Crippen molar-refractivity contribution in [3.8, 4) is 5.75 Å². The fourth-order valence-electron chi connectivity index (χ4n) is 3.53. The average molecular weight is 419 g/mol. The summed E-state index contributed by atoms with van der Waals surface area (Å²) in [6, 6.07) is 2.74. The highest BCUT2D eigenvalue weighted by molar-refractivity contribution is 5.99. The molecule has 1 aromatic heterocycles. The van der Waals surface area contributed by atoms with Gasteiger partial charge in [0, 0.05) is 37.9 Å². The smallest absolute Gasteiger partial charge is 0.274 e. The molecular formula is C21H23F2N3O4. The summed E-state index contributed by atoms with van der Waals surface area (Å²) in [6.07, 6.45) is 0.971. The van der Waals surface area contributed by atoms with Gasteiger partial charge in [0.05, 0.1) is 0 Å². The SMILES string of the molecule is CCN(C)C(=O)c1c(O)c(=O)c(C(=O)NCc2ccc(C)c(F)c2F)c2n1CCC2. The minimum Gasteiger partial charge on any atom is -0.503 e. The number of fused-ring (bicyclic) bond motifs is 1. The lowest BCUT2D eigenvalue weighted by molar-refractivity contribution is 0.0785. The van der Waals surface area contributed by atoms with Crippen molar-refractivity contribution in [2.75, 3.05) is 13.6 Å². The van der Waals surface area contributed by atoms with Gasteiger partial charge >= 0.3 is 0 Å². The maximum Gasteiger partial charge on any atom is 0.274 e. The molecule has 1 aliphatic rings. The van der Waals surface area contributed by atoms with Crippen molar-refractivity contribution in [2.24, 2.45) is 0 Å². The number of nitrogens with one attached hydrogen (secondary N) is 1. The molecule has 0 saturated carbocycles. The zero-order chi connectivity index (χ0) is 22.2. The largest absolute Gasteiger partial charge is 0.503 e. The summed E-state index contributed by atoms with van der Waals surface area (Å²) in [7, 11) is 1.55. The highest BCUT2D eigenvalue weighted by Crippen LogP contribution is 2.26. The van der Waals surface area contributed by atoms with Crippen molar-refractivity contribution < 1.29 is 23.5 Å². The fourth-order valence-corrected chi connectivity index (χ4v) is 3.53. The van der Waals surface area contributed by atoms with Crippen LogP contribution in [-0.4, -0.2) is 40.0 Å². The minimum absolute atomic E-state index is 0.0659. The van der Waals surface area contributed by atoms with Gasteiger partial charge in [-0.25, -0.2) is 8.78 Å². The predicted molar refractivity (Wildman–Crippen MR) is 106 cm³/mol. The van der Waals surface area contributed by atoms with E-state index in [0.29, 0.717) is 31.6 Å². The molecule has 7 nitrogen and oxygen atoms in total. The van der Waals surface area contributed by atoms with Crippen LogP contribution in [0.4, 0.5) is 8.78 Å². The lowest BCUT2D eigenvalue weighted by atomic mass is 10.1. The molecule has 0 fully saturated rings. The summed E-state index contributed by atoms with van der Waals surface area (Å²) < 4.78 is 29.3. The van der Waals surface area contributed by atoms with Crippen LogP contribution in [0.2, 0.25) is 0 Å². The molecule has 3 rings (SSSR count). The molecule has 0 unspecified atom stereocenters. The lowest BCUT2D eigenvalue weighted by Gasteiger charge is -2.20. The van der Waals surface area contributed by atoms with E-state index in [-0.39, 0.29) is 28.9 Å². The summed E-state index contributed by atoms with van der Waals surface area (Å²) in [6.45, 7) is 3.60. The first kappa shape index (κ1) is 21.5. The van der Waals surface area contributed by atoms with Gasteiger partial charge in [0.2, 0.25) is 5.43 Å². The number of carbonyl (C=O) groups excluding carboxylic acids is 2. The Labute approximate surface area is 171 Å². The topological polar surface area (TPSA) is 91.6 Å². The van der Waals surface area contributed by atoms with Crippen LogP contribution in [0.25, 0.3) is 0 Å². The third-order valence-corrected chi connectivity index (χ3v) is 5.39. The number of nitrogens with zero attached hydrogens (tertiary/aromatic N) is 2. The Hall–Kier alpha value is -3.23. The molecule has 0 saturated heterocycles. The van der Waals surface area contributed by atoms with E-state index < -0.39 is 34.6 Å². The first-order valence-electron chi connectivity index (χ1n) is 9.64. The van der Waals surface area contributed by atoms with Crippen LogP contribution in [0.5, 0.6) is 5.75 Å². The van der Waals surface area contributed by atoms with E-state index in [4.69, 9.17) is 0 Å². The van der Waals surface area contributed by atoms with Crippen molar-refractivity contribution in [1.29, 1.82) is 0 Å². The number of aromatic nitrogens is 1. The Kier molecular flexibility index (Phi) is 5.91. The van der Waals surface area contributed by atoms with Gasteiger partial charge < -0.3 is 19.9 Å². The Morgan fingerprint density at radius 1 is 1.27 bits per heavy atom. The molecule has 160 valence electrons. The number of amides is 2. The van der Waals surface area contributed by atoms with E-state index >= 15 is 0 Å². The number of benzene rings is 1. The summed E-state index contributed by atoms with van der Waals surface area (Å²) in [5.74, 6) is -4.18. The van der Waals surface area contributed by atoms with Crippen LogP contribution < -0.4 is 10.7 Å². The second kappa shape index (κ2) is 8.25. The Balaban J connectivity index is 1.97. The van der Waals surface area contributed by atoms with Crippen LogP contribution in [0.15, 0.2) is 16.9 Å². The molecule has 2 N–H and O–H groups in total. The molecule has 1 aliphatic heterocycles. The highest BCUT2D eigenvalue weighted by Gasteiger charge is 2.32. The number of pyridine rings is 1. The molecule has 0 bridgehead atoms. The van der Waals surface area contributed by atoms with Gasteiger partial charge in [-0.15, -0.1) is 0 Å². The molecule has 2 amide bonds. The van der Waals surface area contributed by atoms with Crippen LogP contribution >= 0.6 is 0 Å². The van der Waals surface area contributed by atoms with Crippen LogP contribution in [0.3, 0.4) is 0 Å². The molecular weight excluding hydrogens is 396 g/mol. The maximum absolute atomic E-state index is 14.1. The number of aryl methyl sites for hydroxylation is 1. The van der Waals surface area contributed by atoms with E-state index in [0.717, 1.165) is 0 Å². The average Bonchev–Trinajstić information content (AvgIpc) is 3.19. The quantitative estimate of drug-likeness (QED) is 0.777. The number of halogens is 2. The summed E-state index contributed by atoms with van der Waals surface area (Å²) in [4.78, 5) is 39.5. The van der Waals surface area contributed by atoms with E-state index in [1.807, 2.05) is 0 Å². The van der Waals surface area contributed by atoms with Crippen molar-refractivity contribution in [3.63, 3.8) is 0 Å². The van der Waals surface area contributed by atoms with Gasteiger partial charge in [-0.3, -0.25) is 14.4 Å². The molecule has 9 heteroatoms. The van der Waals surface area contributed by atoms with Crippen molar-refractivity contribution in [2.45, 2.75) is 39.8 Å². The zero-order valence-corrected chi connectivity index (χ0v) is 17.0. The number of aromatic hydroxyl groups is 1. The van der Waals surface area contributed by atoms with Gasteiger partial charge in [-0.2, -0.15) is 0 Å². The number of hydrogen-bond donors (Lipinski definition) is 2. The van der Waals surface area contributed by atoms with E-state index in [2.05, 4.69) is 5.32 Å². The first-order valence-corrected chi connectivity index (χ1v) is 9.64. The minimum atomic E-state index is -1.07. The molecule has 1 aromatic carbocycles. The van der Waals surface area contributed by atoms with Gasteiger partial charge in [0.25, 0.3) is 11.8 Å². The van der Waals surface area contributed by atoms with Gasteiger partial charge in [-0.1, -0.05) is 12.1 Å². The monoisotopic (exact) mass is 419 g/mol. The van der Waals surface area contributed by atoms with E-state index in [9.17, 15) is 28.3 Å². The molecule has 0 spiro atoms. The molecule has 2 heterocycles. The third-order valence-electron chi connectivity index (χ3n) is 5.39. The van der Waals surface area contributed by atoms with Gasteiger partial charge in [-0.05, 0) is 32.3 Å². The number of carbonyl (C=O) groups is 2. The number of hydrogen-bond acceptors (Lipinski definition) is 4. The standard InChI is InChI=1S/C21H23F2N3O4/c1-4-25(3)21(30)17-19(28)18(27)14(13-6-5-9-26(13)17)20(29)24-10-12-8-7-11(2)15(22)16(12)23/h7-8,28H,4-6,9-10H2,1-3H3,(H,24,29). The van der Waals surface area contributed by atoms with Crippen LogP contribution in [0.1, 0.15) is 51.0 Å². The van der Waals surface area contributed by atoms with Gasteiger partial charge in [0.15, 0.2) is 23.1 Å². The highest BCUT2D eigenvalue weighted by atomic mass is 19.2.